The molecule has 0 bridgehead atoms. The number of hydrogen-bond donors (Lipinski definition) is 1. The Balaban J connectivity index is 1.86. The van der Waals surface area contributed by atoms with Crippen molar-refractivity contribution in [3.8, 4) is 11.1 Å². The number of aromatic nitrogens is 3. The summed E-state index contributed by atoms with van der Waals surface area (Å²) in [5, 5.41) is 0. The second-order valence-corrected chi connectivity index (χ2v) is 5.36. The highest BCUT2D eigenvalue weighted by atomic mass is 16.1. The van der Waals surface area contributed by atoms with Crippen LogP contribution in [0.2, 0.25) is 0 Å². The van der Waals surface area contributed by atoms with Crippen LogP contribution in [0.15, 0.2) is 59.8 Å². The number of aromatic amines is 1. The first-order chi connectivity index (χ1) is 10.8. The average Bonchev–Trinajstić information content (AvgIpc) is 2.96. The zero-order valence-electron chi connectivity index (χ0n) is 12.6. The number of benzene rings is 1. The molecule has 0 saturated heterocycles. The van der Waals surface area contributed by atoms with Gasteiger partial charge >= 0.3 is 0 Å². The Bertz CT molecular complexity index is 802. The molecule has 0 atom stereocenters. The van der Waals surface area contributed by atoms with Gasteiger partial charge in [0.2, 0.25) is 0 Å². The summed E-state index contributed by atoms with van der Waals surface area (Å²) in [7, 11) is 0. The van der Waals surface area contributed by atoms with E-state index < -0.39 is 0 Å². The van der Waals surface area contributed by atoms with Crippen LogP contribution >= 0.6 is 0 Å². The molecule has 0 saturated carbocycles. The van der Waals surface area contributed by atoms with E-state index in [-0.39, 0.29) is 5.56 Å². The van der Waals surface area contributed by atoms with Crippen molar-refractivity contribution in [2.75, 3.05) is 0 Å². The summed E-state index contributed by atoms with van der Waals surface area (Å²) in [6.07, 6.45) is 5.77. The predicted molar refractivity (Wildman–Crippen MR) is 87.8 cm³/mol. The normalized spacial score (nSPS) is 10.8. The predicted octanol–water partition coefficient (Wildman–Crippen LogP) is 3.24. The molecule has 2 aromatic heterocycles. The standard InChI is InChI=1S/C18H19N3O/c1-2-6-16-11-19-13-21(16)12-15-9-10-17(18(22)20-15)14-7-4-3-5-8-14/h3-5,7-11,13H,2,6,12H2,1H3,(H,20,22). The zero-order valence-corrected chi connectivity index (χ0v) is 12.6. The Morgan fingerprint density at radius 3 is 2.68 bits per heavy atom. The number of aryl methyl sites for hydroxylation is 1. The lowest BCUT2D eigenvalue weighted by molar-refractivity contribution is 0.707. The SMILES string of the molecule is CCCc1cncn1Cc1ccc(-c2ccccc2)c(=O)[nH]1. The summed E-state index contributed by atoms with van der Waals surface area (Å²) in [4.78, 5) is 19.5. The molecular formula is C18H19N3O. The molecule has 22 heavy (non-hydrogen) atoms. The van der Waals surface area contributed by atoms with Gasteiger partial charge in [-0.3, -0.25) is 4.79 Å². The molecule has 0 fully saturated rings. The molecule has 1 N–H and O–H groups in total. The van der Waals surface area contributed by atoms with E-state index in [1.807, 2.05) is 55.0 Å². The van der Waals surface area contributed by atoms with Gasteiger partial charge < -0.3 is 9.55 Å². The van der Waals surface area contributed by atoms with E-state index in [1.54, 1.807) is 0 Å². The lowest BCUT2D eigenvalue weighted by Crippen LogP contribution is -2.14. The van der Waals surface area contributed by atoms with Crippen molar-refractivity contribution < 1.29 is 0 Å². The van der Waals surface area contributed by atoms with Gasteiger partial charge in [0.15, 0.2) is 0 Å². The molecule has 1 aromatic carbocycles. The van der Waals surface area contributed by atoms with Crippen LogP contribution in [0, 0.1) is 0 Å². The average molecular weight is 293 g/mol. The van der Waals surface area contributed by atoms with Crippen LogP contribution in [0.25, 0.3) is 11.1 Å². The molecule has 0 aliphatic rings. The molecule has 2 heterocycles. The quantitative estimate of drug-likeness (QED) is 0.785. The second-order valence-electron chi connectivity index (χ2n) is 5.36. The van der Waals surface area contributed by atoms with Crippen molar-refractivity contribution in [2.45, 2.75) is 26.3 Å². The van der Waals surface area contributed by atoms with Gasteiger partial charge in [-0.2, -0.15) is 0 Å². The van der Waals surface area contributed by atoms with Crippen molar-refractivity contribution in [3.05, 3.63) is 76.7 Å². The lowest BCUT2D eigenvalue weighted by atomic mass is 10.1. The van der Waals surface area contributed by atoms with Gasteiger partial charge in [-0.25, -0.2) is 4.98 Å². The monoisotopic (exact) mass is 293 g/mol. The fraction of sp³-hybridized carbons (Fsp3) is 0.222. The third-order valence-corrected chi connectivity index (χ3v) is 3.70. The van der Waals surface area contributed by atoms with Gasteiger partial charge in [0.1, 0.15) is 0 Å². The van der Waals surface area contributed by atoms with Crippen molar-refractivity contribution in [2.24, 2.45) is 0 Å². The van der Waals surface area contributed by atoms with Crippen molar-refractivity contribution in [1.82, 2.24) is 14.5 Å². The maximum absolute atomic E-state index is 12.3. The second kappa shape index (κ2) is 6.43. The Morgan fingerprint density at radius 1 is 1.14 bits per heavy atom. The molecule has 0 radical (unpaired) electrons. The van der Waals surface area contributed by atoms with E-state index in [0.717, 1.165) is 24.1 Å². The van der Waals surface area contributed by atoms with E-state index in [2.05, 4.69) is 21.5 Å². The minimum atomic E-state index is -0.0548. The molecule has 0 aliphatic heterocycles. The number of nitrogens with one attached hydrogen (secondary N) is 1. The number of H-pyrrole nitrogens is 1. The molecule has 0 unspecified atom stereocenters. The van der Waals surface area contributed by atoms with E-state index >= 15 is 0 Å². The maximum atomic E-state index is 12.3. The summed E-state index contributed by atoms with van der Waals surface area (Å²) in [6, 6.07) is 13.6. The van der Waals surface area contributed by atoms with Crippen LogP contribution < -0.4 is 5.56 Å². The molecule has 3 aromatic rings. The molecule has 0 spiro atoms. The topological polar surface area (TPSA) is 50.7 Å². The molecule has 0 amide bonds. The van der Waals surface area contributed by atoms with E-state index in [0.29, 0.717) is 12.1 Å². The Morgan fingerprint density at radius 2 is 1.95 bits per heavy atom. The third kappa shape index (κ3) is 3.01. The minimum Gasteiger partial charge on any atom is -0.329 e. The van der Waals surface area contributed by atoms with Crippen molar-refractivity contribution >= 4 is 0 Å². The Hall–Kier alpha value is -2.62. The minimum absolute atomic E-state index is 0.0548. The third-order valence-electron chi connectivity index (χ3n) is 3.70. The van der Waals surface area contributed by atoms with Crippen LogP contribution in [-0.4, -0.2) is 14.5 Å². The molecule has 112 valence electrons. The van der Waals surface area contributed by atoms with Crippen LogP contribution in [0.1, 0.15) is 24.7 Å². The first-order valence-corrected chi connectivity index (χ1v) is 7.54. The van der Waals surface area contributed by atoms with Gasteiger partial charge in [0, 0.05) is 23.1 Å². The number of imidazole rings is 1. The summed E-state index contributed by atoms with van der Waals surface area (Å²) >= 11 is 0. The van der Waals surface area contributed by atoms with Gasteiger partial charge in [-0.15, -0.1) is 0 Å². The highest BCUT2D eigenvalue weighted by Gasteiger charge is 2.06. The van der Waals surface area contributed by atoms with Gasteiger partial charge in [0.25, 0.3) is 5.56 Å². The molecule has 0 aliphatic carbocycles. The summed E-state index contributed by atoms with van der Waals surface area (Å²) in [6.45, 7) is 2.79. The van der Waals surface area contributed by atoms with Gasteiger partial charge in [-0.1, -0.05) is 43.7 Å². The Kier molecular flexibility index (Phi) is 4.19. The lowest BCUT2D eigenvalue weighted by Gasteiger charge is -2.08. The summed E-state index contributed by atoms with van der Waals surface area (Å²) < 4.78 is 2.08. The number of hydrogen-bond acceptors (Lipinski definition) is 2. The number of nitrogens with zero attached hydrogens (tertiary/aromatic N) is 2. The largest absolute Gasteiger partial charge is 0.329 e. The van der Waals surface area contributed by atoms with Gasteiger partial charge in [-0.05, 0) is 24.1 Å². The van der Waals surface area contributed by atoms with Crippen LogP contribution in [-0.2, 0) is 13.0 Å². The molecule has 3 rings (SSSR count). The molecule has 4 nitrogen and oxygen atoms in total. The van der Waals surface area contributed by atoms with Gasteiger partial charge in [0.05, 0.1) is 12.9 Å². The van der Waals surface area contributed by atoms with Crippen LogP contribution in [0.4, 0.5) is 0 Å². The zero-order chi connectivity index (χ0) is 15.4. The fourth-order valence-electron chi connectivity index (χ4n) is 2.59. The number of rotatable bonds is 5. The summed E-state index contributed by atoms with van der Waals surface area (Å²) in [5.74, 6) is 0. The smallest absolute Gasteiger partial charge is 0.256 e. The number of pyridine rings is 1. The maximum Gasteiger partial charge on any atom is 0.256 e. The van der Waals surface area contributed by atoms with E-state index in [4.69, 9.17) is 0 Å². The first kappa shape index (κ1) is 14.3. The molecule has 4 heteroatoms. The van der Waals surface area contributed by atoms with E-state index in [1.165, 1.54) is 5.69 Å². The van der Waals surface area contributed by atoms with Crippen molar-refractivity contribution in [1.29, 1.82) is 0 Å². The van der Waals surface area contributed by atoms with Crippen LogP contribution in [0.5, 0.6) is 0 Å². The molecular weight excluding hydrogens is 274 g/mol. The highest BCUT2D eigenvalue weighted by molar-refractivity contribution is 5.62. The summed E-state index contributed by atoms with van der Waals surface area (Å²) in [5.41, 5.74) is 3.66. The van der Waals surface area contributed by atoms with E-state index in [9.17, 15) is 4.79 Å². The van der Waals surface area contributed by atoms with Crippen molar-refractivity contribution in [3.63, 3.8) is 0 Å². The fourth-order valence-corrected chi connectivity index (χ4v) is 2.59. The Labute approximate surface area is 129 Å². The first-order valence-electron chi connectivity index (χ1n) is 7.54. The van der Waals surface area contributed by atoms with Crippen LogP contribution in [0.3, 0.4) is 0 Å². The highest BCUT2D eigenvalue weighted by Crippen LogP contribution is 2.14.